The zero-order valence-electron chi connectivity index (χ0n) is 10.8. The summed E-state index contributed by atoms with van der Waals surface area (Å²) in [6.07, 6.45) is 4.29. The molecule has 2 fully saturated rings. The van der Waals surface area contributed by atoms with Gasteiger partial charge in [-0.2, -0.15) is 0 Å². The average molecular weight is 263 g/mol. The third kappa shape index (κ3) is 2.63. The molecule has 0 bridgehead atoms. The van der Waals surface area contributed by atoms with E-state index in [-0.39, 0.29) is 23.9 Å². The number of carbonyl (C=O) groups excluding carboxylic acids is 1. The zero-order chi connectivity index (χ0) is 13.2. The van der Waals surface area contributed by atoms with Crippen LogP contribution < -0.4 is 5.32 Å². The molecule has 0 aromatic heterocycles. The number of halogens is 1. The van der Waals surface area contributed by atoms with Gasteiger partial charge in [-0.3, -0.25) is 10.1 Å². The summed E-state index contributed by atoms with van der Waals surface area (Å²) in [6.45, 7) is 0.497. The van der Waals surface area contributed by atoms with Crippen LogP contribution in [0, 0.1) is 11.7 Å². The van der Waals surface area contributed by atoms with Crippen molar-refractivity contribution in [2.45, 2.75) is 37.8 Å². The predicted octanol–water partition coefficient (Wildman–Crippen LogP) is 2.57. The third-order valence-electron chi connectivity index (χ3n) is 4.17. The Morgan fingerprint density at radius 2 is 1.95 bits per heavy atom. The highest BCUT2D eigenvalue weighted by molar-refractivity contribution is 5.77. The lowest BCUT2D eigenvalue weighted by Gasteiger charge is -2.35. The molecule has 0 radical (unpaired) electrons. The summed E-state index contributed by atoms with van der Waals surface area (Å²) in [5.74, 6) is 0.154. The van der Waals surface area contributed by atoms with Crippen molar-refractivity contribution < 1.29 is 13.9 Å². The molecule has 19 heavy (non-hydrogen) atoms. The van der Waals surface area contributed by atoms with Crippen molar-refractivity contribution >= 4 is 5.97 Å². The van der Waals surface area contributed by atoms with E-state index in [0.29, 0.717) is 12.5 Å². The first-order valence-corrected chi connectivity index (χ1v) is 6.92. The highest BCUT2D eigenvalue weighted by atomic mass is 19.1. The topological polar surface area (TPSA) is 38.3 Å². The Hall–Kier alpha value is -1.42. The van der Waals surface area contributed by atoms with Gasteiger partial charge in [-0.15, -0.1) is 0 Å². The molecule has 4 heteroatoms. The van der Waals surface area contributed by atoms with Crippen LogP contribution in [0.3, 0.4) is 0 Å². The van der Waals surface area contributed by atoms with Crippen LogP contribution in [0.5, 0.6) is 0 Å². The van der Waals surface area contributed by atoms with E-state index < -0.39 is 0 Å². The van der Waals surface area contributed by atoms with E-state index in [2.05, 4.69) is 5.32 Å². The van der Waals surface area contributed by atoms with Gasteiger partial charge < -0.3 is 4.74 Å². The fourth-order valence-electron chi connectivity index (χ4n) is 2.81. The summed E-state index contributed by atoms with van der Waals surface area (Å²) < 4.78 is 18.0. The van der Waals surface area contributed by atoms with Crippen LogP contribution in [-0.2, 0) is 9.53 Å². The van der Waals surface area contributed by atoms with Crippen LogP contribution in [-0.4, -0.2) is 18.6 Å². The summed E-state index contributed by atoms with van der Waals surface area (Å²) in [5, 5.41) is 3.41. The van der Waals surface area contributed by atoms with Crippen LogP contribution in [0.1, 0.15) is 37.3 Å². The van der Waals surface area contributed by atoms with Gasteiger partial charge in [0, 0.05) is 12.5 Å². The first-order valence-electron chi connectivity index (χ1n) is 6.92. The fraction of sp³-hybridized carbons (Fsp3) is 0.533. The molecule has 0 unspecified atom stereocenters. The van der Waals surface area contributed by atoms with Gasteiger partial charge in [-0.1, -0.05) is 18.6 Å². The summed E-state index contributed by atoms with van der Waals surface area (Å²) in [6, 6.07) is 6.50. The Bertz CT molecular complexity index is 456. The quantitative estimate of drug-likeness (QED) is 0.848. The summed E-state index contributed by atoms with van der Waals surface area (Å²) >= 11 is 0. The van der Waals surface area contributed by atoms with E-state index in [0.717, 1.165) is 24.8 Å². The molecule has 3 rings (SSSR count). The number of ether oxygens (including phenoxy) is 1. The molecule has 1 saturated heterocycles. The molecule has 1 heterocycles. The lowest BCUT2D eigenvalue weighted by atomic mass is 9.77. The molecule has 1 aliphatic heterocycles. The SMILES string of the molecule is O=C1OCC[C@H]1N[C@@H](c1ccc(F)cc1)C1CCC1. The number of benzene rings is 1. The molecule has 0 amide bonds. The zero-order valence-corrected chi connectivity index (χ0v) is 10.8. The van der Waals surface area contributed by atoms with E-state index in [1.807, 2.05) is 12.1 Å². The smallest absolute Gasteiger partial charge is 0.323 e. The van der Waals surface area contributed by atoms with Crippen molar-refractivity contribution in [3.05, 3.63) is 35.6 Å². The van der Waals surface area contributed by atoms with E-state index in [9.17, 15) is 9.18 Å². The molecule has 1 aromatic carbocycles. The number of cyclic esters (lactones) is 1. The number of esters is 1. The second-order valence-corrected chi connectivity index (χ2v) is 5.40. The van der Waals surface area contributed by atoms with Gasteiger partial charge >= 0.3 is 5.97 Å². The lowest BCUT2D eigenvalue weighted by Crippen LogP contribution is -2.41. The highest BCUT2D eigenvalue weighted by Crippen LogP contribution is 2.38. The molecule has 1 aliphatic carbocycles. The van der Waals surface area contributed by atoms with Gasteiger partial charge in [-0.05, 0) is 36.5 Å². The molecular weight excluding hydrogens is 245 g/mol. The summed E-state index contributed by atoms with van der Waals surface area (Å²) in [7, 11) is 0. The average Bonchev–Trinajstić information content (AvgIpc) is 2.73. The Kier molecular flexibility index (Phi) is 3.51. The van der Waals surface area contributed by atoms with Crippen LogP contribution in [0.15, 0.2) is 24.3 Å². The van der Waals surface area contributed by atoms with Crippen molar-refractivity contribution in [2.75, 3.05) is 6.61 Å². The van der Waals surface area contributed by atoms with Crippen LogP contribution in [0.2, 0.25) is 0 Å². The number of rotatable bonds is 4. The highest BCUT2D eigenvalue weighted by Gasteiger charge is 2.34. The maximum atomic E-state index is 13.0. The Morgan fingerprint density at radius 1 is 1.21 bits per heavy atom. The second kappa shape index (κ2) is 5.29. The van der Waals surface area contributed by atoms with Gasteiger partial charge in [0.2, 0.25) is 0 Å². The van der Waals surface area contributed by atoms with Crippen molar-refractivity contribution in [1.29, 1.82) is 0 Å². The number of hydrogen-bond donors (Lipinski definition) is 1. The van der Waals surface area contributed by atoms with Gasteiger partial charge in [0.25, 0.3) is 0 Å². The van der Waals surface area contributed by atoms with Crippen molar-refractivity contribution in [3.8, 4) is 0 Å². The number of nitrogens with one attached hydrogen (secondary N) is 1. The molecule has 1 aromatic rings. The van der Waals surface area contributed by atoms with Crippen LogP contribution in [0.25, 0.3) is 0 Å². The first kappa shape index (κ1) is 12.6. The minimum atomic E-state index is -0.226. The maximum absolute atomic E-state index is 13.0. The number of carbonyl (C=O) groups is 1. The van der Waals surface area contributed by atoms with Crippen molar-refractivity contribution in [3.63, 3.8) is 0 Å². The molecule has 1 N–H and O–H groups in total. The van der Waals surface area contributed by atoms with Gasteiger partial charge in [0.15, 0.2) is 0 Å². The predicted molar refractivity (Wildman–Crippen MR) is 69.0 cm³/mol. The molecule has 102 valence electrons. The lowest BCUT2D eigenvalue weighted by molar-refractivity contribution is -0.140. The van der Waals surface area contributed by atoms with Crippen LogP contribution in [0.4, 0.5) is 4.39 Å². The molecular formula is C15H18FNO2. The normalized spacial score (nSPS) is 24.9. The third-order valence-corrected chi connectivity index (χ3v) is 4.17. The fourth-order valence-corrected chi connectivity index (χ4v) is 2.81. The first-order chi connectivity index (χ1) is 9.24. The van der Waals surface area contributed by atoms with E-state index in [4.69, 9.17) is 4.74 Å². The standard InChI is InChI=1S/C15H18FNO2/c16-12-6-4-11(5-7-12)14(10-2-1-3-10)17-13-8-9-19-15(13)18/h4-7,10,13-14,17H,1-3,8-9H2/t13-,14-/m1/s1. The Morgan fingerprint density at radius 3 is 2.47 bits per heavy atom. The van der Waals surface area contributed by atoms with Gasteiger partial charge in [0.1, 0.15) is 11.9 Å². The van der Waals surface area contributed by atoms with E-state index >= 15 is 0 Å². The van der Waals surface area contributed by atoms with Crippen molar-refractivity contribution in [2.24, 2.45) is 5.92 Å². The largest absolute Gasteiger partial charge is 0.464 e. The van der Waals surface area contributed by atoms with Gasteiger partial charge in [-0.25, -0.2) is 4.39 Å². The Balaban J connectivity index is 1.77. The second-order valence-electron chi connectivity index (χ2n) is 5.40. The molecule has 3 nitrogen and oxygen atoms in total. The molecule has 1 saturated carbocycles. The Labute approximate surface area is 112 Å². The summed E-state index contributed by atoms with van der Waals surface area (Å²) in [4.78, 5) is 11.6. The van der Waals surface area contributed by atoms with E-state index in [1.54, 1.807) is 0 Å². The van der Waals surface area contributed by atoms with E-state index in [1.165, 1.54) is 18.6 Å². The number of hydrogen-bond acceptors (Lipinski definition) is 3. The van der Waals surface area contributed by atoms with Crippen molar-refractivity contribution in [1.82, 2.24) is 5.32 Å². The minimum absolute atomic E-state index is 0.130. The molecule has 2 atom stereocenters. The monoisotopic (exact) mass is 263 g/mol. The molecule has 0 spiro atoms. The molecule has 2 aliphatic rings. The summed E-state index contributed by atoms with van der Waals surface area (Å²) in [5.41, 5.74) is 1.06. The maximum Gasteiger partial charge on any atom is 0.323 e. The van der Waals surface area contributed by atoms with Gasteiger partial charge in [0.05, 0.1) is 6.61 Å². The van der Waals surface area contributed by atoms with Crippen LogP contribution >= 0.6 is 0 Å². The minimum Gasteiger partial charge on any atom is -0.464 e.